The fourth-order valence-electron chi connectivity index (χ4n) is 1.75. The number of hydrogen-bond acceptors (Lipinski definition) is 3. The quantitative estimate of drug-likeness (QED) is 0.440. The third kappa shape index (κ3) is 5.10. The molecule has 0 heterocycles. The van der Waals surface area contributed by atoms with Crippen LogP contribution in [0.15, 0.2) is 51.9 Å². The lowest BCUT2D eigenvalue weighted by Gasteiger charge is -2.00. The third-order valence-corrected chi connectivity index (χ3v) is 3.33. The number of methoxy groups -OCH3 is 1. The van der Waals surface area contributed by atoms with Gasteiger partial charge in [0, 0.05) is 22.3 Å². The summed E-state index contributed by atoms with van der Waals surface area (Å²) in [6.07, 6.45) is 3.90. The normalized spacial score (nSPS) is 11.3. The van der Waals surface area contributed by atoms with Gasteiger partial charge in [0.15, 0.2) is 0 Å². The zero-order chi connectivity index (χ0) is 16.8. The summed E-state index contributed by atoms with van der Waals surface area (Å²) in [7, 11) is 1.25. The van der Waals surface area contributed by atoms with Crippen molar-refractivity contribution in [1.82, 2.24) is 0 Å². The fraction of sp³-hybridized carbons (Fsp3) is 0.0588. The van der Waals surface area contributed by atoms with Crippen molar-refractivity contribution < 1.29 is 18.3 Å². The van der Waals surface area contributed by atoms with E-state index in [0.717, 1.165) is 0 Å². The molecule has 0 saturated carbocycles. The Bertz CT molecular complexity index is 788. The lowest BCUT2D eigenvalue weighted by Crippen LogP contribution is -1.93. The lowest BCUT2D eigenvalue weighted by molar-refractivity contribution is -0.134. The molecule has 0 aromatic heterocycles. The van der Waals surface area contributed by atoms with Crippen molar-refractivity contribution in [2.45, 2.75) is 0 Å². The van der Waals surface area contributed by atoms with Crippen LogP contribution in [0.5, 0.6) is 0 Å². The van der Waals surface area contributed by atoms with Crippen molar-refractivity contribution in [3.05, 3.63) is 69.7 Å². The minimum absolute atomic E-state index is 0.282. The van der Waals surface area contributed by atoms with Crippen LogP contribution in [0.2, 0.25) is 0 Å². The number of hydrogen-bond donors (Lipinski definition) is 0. The van der Waals surface area contributed by atoms with Crippen LogP contribution in [0.25, 0.3) is 6.08 Å². The highest BCUT2D eigenvalue weighted by molar-refractivity contribution is 9.10. The molecule has 0 aliphatic heterocycles. The molecule has 0 fully saturated rings. The number of aliphatic imine (C=N–C) groups is 1. The van der Waals surface area contributed by atoms with Gasteiger partial charge in [-0.3, -0.25) is 4.99 Å². The van der Waals surface area contributed by atoms with E-state index in [1.54, 1.807) is 18.2 Å². The zero-order valence-electron chi connectivity index (χ0n) is 12.1. The summed E-state index contributed by atoms with van der Waals surface area (Å²) in [5, 5.41) is 0. The third-order valence-electron chi connectivity index (χ3n) is 2.83. The van der Waals surface area contributed by atoms with Crippen molar-refractivity contribution in [1.29, 1.82) is 0 Å². The molecule has 0 bridgehead atoms. The molecule has 0 saturated heterocycles. The van der Waals surface area contributed by atoms with Gasteiger partial charge in [0.25, 0.3) is 0 Å². The second kappa shape index (κ2) is 7.78. The van der Waals surface area contributed by atoms with Crippen LogP contribution in [0.3, 0.4) is 0 Å². The molecule has 2 aromatic carbocycles. The van der Waals surface area contributed by atoms with Crippen LogP contribution in [0.1, 0.15) is 11.1 Å². The topological polar surface area (TPSA) is 38.7 Å². The van der Waals surface area contributed by atoms with Gasteiger partial charge in [-0.15, -0.1) is 0 Å². The fourth-order valence-corrected chi connectivity index (χ4v) is 2.08. The van der Waals surface area contributed by atoms with E-state index in [4.69, 9.17) is 0 Å². The van der Waals surface area contributed by atoms with Crippen molar-refractivity contribution in [3.8, 4) is 0 Å². The number of nitrogens with zero attached hydrogens (tertiary/aromatic N) is 1. The van der Waals surface area contributed by atoms with Crippen LogP contribution in [0.4, 0.5) is 14.5 Å². The Labute approximate surface area is 140 Å². The van der Waals surface area contributed by atoms with E-state index in [-0.39, 0.29) is 5.56 Å². The van der Waals surface area contributed by atoms with Gasteiger partial charge in [-0.1, -0.05) is 15.9 Å². The summed E-state index contributed by atoms with van der Waals surface area (Å²) in [6, 6.07) is 8.58. The predicted octanol–water partition coefficient (Wildman–Crippen LogP) is 4.66. The van der Waals surface area contributed by atoms with Crippen LogP contribution >= 0.6 is 15.9 Å². The summed E-state index contributed by atoms with van der Waals surface area (Å²) in [5.41, 5.74) is 1.03. The first kappa shape index (κ1) is 17.0. The molecule has 2 rings (SSSR count). The van der Waals surface area contributed by atoms with Crippen LogP contribution < -0.4 is 0 Å². The molecule has 23 heavy (non-hydrogen) atoms. The van der Waals surface area contributed by atoms with Gasteiger partial charge >= 0.3 is 5.97 Å². The maximum absolute atomic E-state index is 13.7. The molecule has 0 spiro atoms. The number of benzene rings is 2. The summed E-state index contributed by atoms with van der Waals surface area (Å²) in [5.74, 6) is -1.50. The van der Waals surface area contributed by atoms with E-state index in [9.17, 15) is 13.6 Å². The molecule has 0 aliphatic rings. The largest absolute Gasteiger partial charge is 0.466 e. The molecule has 0 unspecified atom stereocenters. The molecule has 0 radical (unpaired) electrons. The number of halogens is 3. The second-order valence-corrected chi connectivity index (χ2v) is 5.44. The summed E-state index contributed by atoms with van der Waals surface area (Å²) < 4.78 is 32.4. The van der Waals surface area contributed by atoms with E-state index < -0.39 is 17.6 Å². The summed E-state index contributed by atoms with van der Waals surface area (Å²) in [4.78, 5) is 15.1. The summed E-state index contributed by atoms with van der Waals surface area (Å²) >= 11 is 3.17. The molecule has 0 atom stereocenters. The molecule has 118 valence electrons. The van der Waals surface area contributed by atoms with Gasteiger partial charge in [-0.2, -0.15) is 0 Å². The Hall–Kier alpha value is -2.34. The average molecular weight is 380 g/mol. The zero-order valence-corrected chi connectivity index (χ0v) is 13.7. The van der Waals surface area contributed by atoms with E-state index in [0.29, 0.717) is 15.7 Å². The van der Waals surface area contributed by atoms with E-state index >= 15 is 0 Å². The first-order chi connectivity index (χ1) is 11.0. The summed E-state index contributed by atoms with van der Waals surface area (Å²) in [6.45, 7) is 0. The maximum Gasteiger partial charge on any atom is 0.330 e. The van der Waals surface area contributed by atoms with E-state index in [1.807, 2.05) is 0 Å². The maximum atomic E-state index is 13.7. The van der Waals surface area contributed by atoms with Crippen molar-refractivity contribution >= 4 is 39.9 Å². The minimum atomic E-state index is -0.545. The second-order valence-electron chi connectivity index (χ2n) is 4.52. The van der Waals surface area contributed by atoms with Crippen molar-refractivity contribution in [2.24, 2.45) is 4.99 Å². The molecule has 0 amide bonds. The standard InChI is InChI=1S/C17H12BrF2NO2/c1-23-17(22)5-2-11-6-14(19)9-15(7-11)21-10-12-3-4-13(18)8-16(12)20/h2-10H,1H3. The smallest absolute Gasteiger partial charge is 0.330 e. The monoisotopic (exact) mass is 379 g/mol. The van der Waals surface area contributed by atoms with E-state index in [2.05, 4.69) is 25.7 Å². The van der Waals surface area contributed by atoms with E-state index in [1.165, 1.54) is 43.7 Å². The molecule has 0 N–H and O–H groups in total. The van der Waals surface area contributed by atoms with Crippen LogP contribution in [0, 0.1) is 11.6 Å². The highest BCUT2D eigenvalue weighted by Gasteiger charge is 2.02. The molecule has 2 aromatic rings. The Morgan fingerprint density at radius 1 is 1.22 bits per heavy atom. The predicted molar refractivity (Wildman–Crippen MR) is 88.8 cm³/mol. The van der Waals surface area contributed by atoms with Gasteiger partial charge in [-0.05, 0) is 48.0 Å². The van der Waals surface area contributed by atoms with Gasteiger partial charge in [0.2, 0.25) is 0 Å². The number of esters is 1. The Balaban J connectivity index is 2.26. The van der Waals surface area contributed by atoms with Gasteiger partial charge < -0.3 is 4.74 Å². The molecule has 6 heteroatoms. The highest BCUT2D eigenvalue weighted by atomic mass is 79.9. The van der Waals surface area contributed by atoms with Crippen molar-refractivity contribution in [3.63, 3.8) is 0 Å². The Morgan fingerprint density at radius 3 is 2.70 bits per heavy atom. The highest BCUT2D eigenvalue weighted by Crippen LogP contribution is 2.19. The number of ether oxygens (including phenoxy) is 1. The minimum Gasteiger partial charge on any atom is -0.466 e. The van der Waals surface area contributed by atoms with Gasteiger partial charge in [0.05, 0.1) is 12.8 Å². The van der Waals surface area contributed by atoms with Crippen LogP contribution in [-0.2, 0) is 9.53 Å². The molecular formula is C17H12BrF2NO2. The number of rotatable bonds is 4. The van der Waals surface area contributed by atoms with Crippen molar-refractivity contribution in [2.75, 3.05) is 7.11 Å². The van der Waals surface area contributed by atoms with Gasteiger partial charge in [-0.25, -0.2) is 13.6 Å². The molecular weight excluding hydrogens is 368 g/mol. The molecule has 0 aliphatic carbocycles. The SMILES string of the molecule is COC(=O)C=Cc1cc(F)cc(N=Cc2ccc(Br)cc2F)c1. The molecule has 3 nitrogen and oxygen atoms in total. The first-order valence-electron chi connectivity index (χ1n) is 6.53. The Morgan fingerprint density at radius 2 is 2.00 bits per heavy atom. The average Bonchev–Trinajstić information content (AvgIpc) is 2.51. The van der Waals surface area contributed by atoms with Crippen LogP contribution in [-0.4, -0.2) is 19.3 Å². The van der Waals surface area contributed by atoms with Gasteiger partial charge in [0.1, 0.15) is 11.6 Å². The number of carbonyl (C=O) groups is 1. The Kier molecular flexibility index (Phi) is 5.76. The first-order valence-corrected chi connectivity index (χ1v) is 7.33. The number of carbonyl (C=O) groups excluding carboxylic acids is 1. The lowest BCUT2D eigenvalue weighted by atomic mass is 10.1.